The molecule has 0 saturated carbocycles. The Morgan fingerprint density at radius 1 is 1.04 bits per heavy atom. The predicted molar refractivity (Wildman–Crippen MR) is 101 cm³/mol. The number of hydrogen-bond donors (Lipinski definition) is 3. The number of phenolic OH excluding ortho intramolecular Hbond substituents is 1. The average molecular weight is 408 g/mol. The summed E-state index contributed by atoms with van der Waals surface area (Å²) in [6.45, 7) is 0.377. The van der Waals surface area contributed by atoms with E-state index in [1.807, 2.05) is 0 Å². The largest absolute Gasteiger partial charge is 0.507 e. The second-order valence-corrected chi connectivity index (χ2v) is 6.79. The Bertz CT molecular complexity index is 902. The van der Waals surface area contributed by atoms with E-state index < -0.39 is 17.7 Å². The van der Waals surface area contributed by atoms with Crippen LogP contribution in [0.2, 0.25) is 10.0 Å². The van der Waals surface area contributed by atoms with E-state index in [9.17, 15) is 19.5 Å². The quantitative estimate of drug-likeness (QED) is 0.537. The number of nitrogens with one attached hydrogen (secondary N) is 2. The van der Waals surface area contributed by atoms with Crippen molar-refractivity contribution in [2.24, 2.45) is 5.92 Å². The van der Waals surface area contributed by atoms with Crippen molar-refractivity contribution in [1.82, 2.24) is 10.9 Å². The van der Waals surface area contributed by atoms with Crippen LogP contribution in [0.4, 0.5) is 5.69 Å². The smallest absolute Gasteiger partial charge is 0.273 e. The Balaban J connectivity index is 1.61. The first-order valence-electron chi connectivity index (χ1n) is 8.02. The zero-order chi connectivity index (χ0) is 19.6. The first-order chi connectivity index (χ1) is 12.9. The normalized spacial score (nSPS) is 16.3. The lowest BCUT2D eigenvalue weighted by Crippen LogP contribution is -2.46. The van der Waals surface area contributed by atoms with Gasteiger partial charge in [-0.05, 0) is 48.9 Å². The summed E-state index contributed by atoms with van der Waals surface area (Å²) < 4.78 is 0. The maximum Gasteiger partial charge on any atom is 0.273 e. The average Bonchev–Trinajstić information content (AvgIpc) is 3.03. The zero-order valence-corrected chi connectivity index (χ0v) is 15.4. The van der Waals surface area contributed by atoms with Gasteiger partial charge in [-0.2, -0.15) is 0 Å². The third-order valence-corrected chi connectivity index (χ3v) is 4.65. The molecular formula is C18H15Cl2N3O4. The van der Waals surface area contributed by atoms with Crippen LogP contribution in [0.15, 0.2) is 42.5 Å². The van der Waals surface area contributed by atoms with Gasteiger partial charge in [0.1, 0.15) is 11.7 Å². The summed E-state index contributed by atoms with van der Waals surface area (Å²) in [5.74, 6) is -2.95. The van der Waals surface area contributed by atoms with E-state index in [4.69, 9.17) is 23.2 Å². The molecule has 0 aromatic heterocycles. The third-order valence-electron chi connectivity index (χ3n) is 4.16. The Morgan fingerprint density at radius 2 is 1.70 bits per heavy atom. The van der Waals surface area contributed by atoms with E-state index in [2.05, 4.69) is 10.9 Å². The molecule has 1 heterocycles. The highest BCUT2D eigenvalue weighted by atomic mass is 35.5. The lowest BCUT2D eigenvalue weighted by Gasteiger charge is -2.17. The number of nitrogens with zero attached hydrogens (tertiary/aromatic N) is 1. The van der Waals surface area contributed by atoms with E-state index in [0.717, 1.165) is 0 Å². The monoisotopic (exact) mass is 407 g/mol. The molecule has 7 nitrogen and oxygen atoms in total. The fourth-order valence-electron chi connectivity index (χ4n) is 2.76. The first kappa shape index (κ1) is 19.0. The topological polar surface area (TPSA) is 98.7 Å². The maximum atomic E-state index is 12.5. The van der Waals surface area contributed by atoms with Gasteiger partial charge in [-0.3, -0.25) is 25.2 Å². The molecule has 140 valence electrons. The van der Waals surface area contributed by atoms with Crippen molar-refractivity contribution < 1.29 is 19.5 Å². The molecule has 3 N–H and O–H groups in total. The van der Waals surface area contributed by atoms with Gasteiger partial charge in [0.2, 0.25) is 5.91 Å². The SMILES string of the molecule is O=C(NNC(=O)C1CCN(c2ccc(Cl)cc2)C1=O)c1cc(Cl)ccc1O. The number of hydrogen-bond acceptors (Lipinski definition) is 4. The maximum absolute atomic E-state index is 12.5. The van der Waals surface area contributed by atoms with Crippen molar-refractivity contribution in [3.05, 3.63) is 58.1 Å². The first-order valence-corrected chi connectivity index (χ1v) is 8.78. The van der Waals surface area contributed by atoms with Gasteiger partial charge >= 0.3 is 0 Å². The number of carbonyl (C=O) groups excluding carboxylic acids is 3. The van der Waals surface area contributed by atoms with Crippen molar-refractivity contribution in [2.45, 2.75) is 6.42 Å². The molecule has 0 aliphatic carbocycles. The van der Waals surface area contributed by atoms with Crippen LogP contribution in [0, 0.1) is 5.92 Å². The van der Waals surface area contributed by atoms with Gasteiger partial charge < -0.3 is 10.0 Å². The number of aromatic hydroxyl groups is 1. The molecule has 2 aromatic carbocycles. The molecule has 9 heteroatoms. The molecule has 1 aliphatic heterocycles. The standard InChI is InChI=1S/C18H15Cl2N3O4/c19-10-1-4-12(5-2-10)23-8-7-13(18(23)27)16(25)21-22-17(26)14-9-11(20)3-6-15(14)24/h1-6,9,13,24H,7-8H2,(H,21,25)(H,22,26). The van der Waals surface area contributed by atoms with E-state index in [1.165, 1.54) is 23.1 Å². The second kappa shape index (κ2) is 7.85. The van der Waals surface area contributed by atoms with Gasteiger partial charge in [0, 0.05) is 22.3 Å². The molecule has 0 bridgehead atoms. The summed E-state index contributed by atoms with van der Waals surface area (Å²) in [4.78, 5) is 38.4. The lowest BCUT2D eigenvalue weighted by atomic mass is 10.1. The molecule has 1 fully saturated rings. The minimum absolute atomic E-state index is 0.0941. The van der Waals surface area contributed by atoms with Crippen molar-refractivity contribution in [3.63, 3.8) is 0 Å². The summed E-state index contributed by atoms with van der Waals surface area (Å²) in [6.07, 6.45) is 0.311. The number of carbonyl (C=O) groups is 3. The van der Waals surface area contributed by atoms with Crippen LogP contribution in [0.1, 0.15) is 16.8 Å². The van der Waals surface area contributed by atoms with Crippen LogP contribution in [0.3, 0.4) is 0 Å². The van der Waals surface area contributed by atoms with Crippen molar-refractivity contribution >= 4 is 46.6 Å². The lowest BCUT2D eigenvalue weighted by molar-refractivity contribution is -0.132. The van der Waals surface area contributed by atoms with Crippen molar-refractivity contribution in [1.29, 1.82) is 0 Å². The Hall–Kier alpha value is -2.77. The summed E-state index contributed by atoms with van der Waals surface area (Å²) in [5.41, 5.74) is 4.95. The summed E-state index contributed by atoms with van der Waals surface area (Å²) in [5, 5.41) is 10.5. The highest BCUT2D eigenvalue weighted by molar-refractivity contribution is 6.31. The highest BCUT2D eigenvalue weighted by Gasteiger charge is 2.37. The van der Waals surface area contributed by atoms with E-state index in [-0.39, 0.29) is 22.2 Å². The van der Waals surface area contributed by atoms with Gasteiger partial charge in [0.15, 0.2) is 0 Å². The Morgan fingerprint density at radius 3 is 2.41 bits per heavy atom. The van der Waals surface area contributed by atoms with Crippen LogP contribution in [-0.2, 0) is 9.59 Å². The fourth-order valence-corrected chi connectivity index (χ4v) is 3.06. The zero-order valence-electron chi connectivity index (χ0n) is 13.9. The van der Waals surface area contributed by atoms with Crippen molar-refractivity contribution in [2.75, 3.05) is 11.4 Å². The number of phenols is 1. The van der Waals surface area contributed by atoms with E-state index >= 15 is 0 Å². The minimum atomic E-state index is -0.922. The summed E-state index contributed by atoms with van der Waals surface area (Å²) >= 11 is 11.6. The van der Waals surface area contributed by atoms with Crippen molar-refractivity contribution in [3.8, 4) is 5.75 Å². The highest BCUT2D eigenvalue weighted by Crippen LogP contribution is 2.26. The van der Waals surface area contributed by atoms with Crippen LogP contribution < -0.4 is 15.8 Å². The van der Waals surface area contributed by atoms with Gasteiger partial charge in [0.25, 0.3) is 11.8 Å². The molecule has 0 spiro atoms. The summed E-state index contributed by atoms with van der Waals surface area (Å²) in [6, 6.07) is 10.7. The second-order valence-electron chi connectivity index (χ2n) is 5.91. The predicted octanol–water partition coefficient (Wildman–Crippen LogP) is 2.51. The van der Waals surface area contributed by atoms with E-state index in [0.29, 0.717) is 23.7 Å². The van der Waals surface area contributed by atoms with Gasteiger partial charge in [0.05, 0.1) is 5.56 Å². The number of anilines is 1. The molecule has 0 radical (unpaired) electrons. The number of rotatable bonds is 3. The molecule has 1 unspecified atom stereocenters. The number of amides is 3. The van der Waals surface area contributed by atoms with Crippen LogP contribution in [0.5, 0.6) is 5.75 Å². The molecule has 27 heavy (non-hydrogen) atoms. The summed E-state index contributed by atoms with van der Waals surface area (Å²) in [7, 11) is 0. The van der Waals surface area contributed by atoms with Crippen LogP contribution in [-0.4, -0.2) is 29.4 Å². The number of halogens is 2. The number of hydrazine groups is 1. The number of benzene rings is 2. The molecular weight excluding hydrogens is 393 g/mol. The van der Waals surface area contributed by atoms with E-state index in [1.54, 1.807) is 24.3 Å². The molecule has 2 aromatic rings. The molecule has 1 atom stereocenters. The minimum Gasteiger partial charge on any atom is -0.507 e. The van der Waals surface area contributed by atoms with Gasteiger partial charge in [-0.25, -0.2) is 0 Å². The molecule has 1 saturated heterocycles. The molecule has 3 rings (SSSR count). The third kappa shape index (κ3) is 4.15. The molecule has 1 aliphatic rings. The molecule has 3 amide bonds. The van der Waals surface area contributed by atoms with Crippen LogP contribution >= 0.6 is 23.2 Å². The van der Waals surface area contributed by atoms with Crippen LogP contribution in [0.25, 0.3) is 0 Å². The van der Waals surface area contributed by atoms with Gasteiger partial charge in [-0.1, -0.05) is 23.2 Å². The Kier molecular flexibility index (Phi) is 5.53. The Labute approximate surface area is 164 Å². The van der Waals surface area contributed by atoms with Gasteiger partial charge in [-0.15, -0.1) is 0 Å². The fraction of sp³-hybridized carbons (Fsp3) is 0.167.